The number of benzene rings is 1. The van der Waals surface area contributed by atoms with E-state index in [9.17, 15) is 18.0 Å². The van der Waals surface area contributed by atoms with Gasteiger partial charge in [-0.3, -0.25) is 4.79 Å². The number of hydrogen-bond donors (Lipinski definition) is 0. The Kier molecular flexibility index (Phi) is 2.90. The number of hydrogen-bond acceptors (Lipinski definition) is 4. The molecule has 0 radical (unpaired) electrons. The average molecular weight is 256 g/mol. The van der Waals surface area contributed by atoms with Crippen LogP contribution >= 0.6 is 0 Å². The molecule has 0 unspecified atom stereocenters. The normalized spacial score (nSPS) is 11.6. The van der Waals surface area contributed by atoms with E-state index in [0.717, 1.165) is 12.1 Å². The van der Waals surface area contributed by atoms with Gasteiger partial charge < -0.3 is 4.52 Å². The van der Waals surface area contributed by atoms with Gasteiger partial charge in [0.15, 0.2) is 0 Å². The summed E-state index contributed by atoms with van der Waals surface area (Å²) in [7, 11) is 0. The van der Waals surface area contributed by atoms with Gasteiger partial charge in [0.2, 0.25) is 11.6 Å². The van der Waals surface area contributed by atoms with Crippen LogP contribution in [-0.2, 0) is 6.18 Å². The van der Waals surface area contributed by atoms with Crippen LogP contribution in [0.3, 0.4) is 0 Å². The molecular weight excluding hydrogens is 249 g/mol. The molecule has 0 bridgehead atoms. The quantitative estimate of drug-likeness (QED) is 0.775. The zero-order valence-corrected chi connectivity index (χ0v) is 9.15. The molecular formula is C11H7F3N2O2. The van der Waals surface area contributed by atoms with Crippen molar-refractivity contribution in [1.82, 2.24) is 10.1 Å². The maximum Gasteiger partial charge on any atom is 0.416 e. The number of Topliss-reactive ketones (excluding diaryl/α,β-unsaturated/α-hetero) is 1. The van der Waals surface area contributed by atoms with Gasteiger partial charge >= 0.3 is 6.18 Å². The molecule has 0 fully saturated rings. The van der Waals surface area contributed by atoms with Crippen molar-refractivity contribution in [2.45, 2.75) is 13.1 Å². The number of alkyl halides is 3. The van der Waals surface area contributed by atoms with Crippen LogP contribution in [0.2, 0.25) is 0 Å². The lowest BCUT2D eigenvalue weighted by atomic mass is 10.1. The summed E-state index contributed by atoms with van der Waals surface area (Å²) in [4.78, 5) is 14.7. The average Bonchev–Trinajstić information content (AvgIpc) is 2.77. The molecule has 0 saturated heterocycles. The van der Waals surface area contributed by atoms with Gasteiger partial charge in [-0.25, -0.2) is 0 Å². The monoisotopic (exact) mass is 256 g/mol. The standard InChI is InChI=1S/C11H7F3N2O2/c1-6(17)10-15-9(16-18-10)7-2-4-8(5-3-7)11(12,13)14/h2-5H,1H3. The molecule has 4 nitrogen and oxygen atoms in total. The minimum atomic E-state index is -4.39. The lowest BCUT2D eigenvalue weighted by Gasteiger charge is -2.05. The summed E-state index contributed by atoms with van der Waals surface area (Å²) in [5.74, 6) is -0.500. The third-order valence-corrected chi connectivity index (χ3v) is 2.20. The third-order valence-electron chi connectivity index (χ3n) is 2.20. The van der Waals surface area contributed by atoms with Crippen LogP contribution in [0.5, 0.6) is 0 Å². The van der Waals surface area contributed by atoms with Gasteiger partial charge in [0.25, 0.3) is 5.89 Å². The molecule has 1 aromatic carbocycles. The summed E-state index contributed by atoms with van der Waals surface area (Å²) in [6.07, 6.45) is -4.39. The van der Waals surface area contributed by atoms with Crippen molar-refractivity contribution in [3.63, 3.8) is 0 Å². The number of ketones is 1. The maximum atomic E-state index is 12.3. The van der Waals surface area contributed by atoms with Crippen molar-refractivity contribution in [1.29, 1.82) is 0 Å². The molecule has 1 heterocycles. The van der Waals surface area contributed by atoms with E-state index in [1.165, 1.54) is 19.1 Å². The van der Waals surface area contributed by atoms with E-state index in [-0.39, 0.29) is 11.7 Å². The number of rotatable bonds is 2. The zero-order valence-electron chi connectivity index (χ0n) is 9.15. The number of halogens is 3. The van der Waals surface area contributed by atoms with Gasteiger partial charge in [-0.2, -0.15) is 18.2 Å². The topological polar surface area (TPSA) is 56.0 Å². The van der Waals surface area contributed by atoms with E-state index < -0.39 is 17.5 Å². The van der Waals surface area contributed by atoms with Crippen molar-refractivity contribution in [3.05, 3.63) is 35.7 Å². The highest BCUT2D eigenvalue weighted by Gasteiger charge is 2.30. The van der Waals surface area contributed by atoms with Gasteiger partial charge in [-0.1, -0.05) is 17.3 Å². The van der Waals surface area contributed by atoms with E-state index in [4.69, 9.17) is 0 Å². The summed E-state index contributed by atoms with van der Waals surface area (Å²) in [6, 6.07) is 4.27. The van der Waals surface area contributed by atoms with Crippen molar-refractivity contribution < 1.29 is 22.5 Å². The fourth-order valence-corrected chi connectivity index (χ4v) is 1.29. The van der Waals surface area contributed by atoms with Crippen LogP contribution in [0, 0.1) is 0 Å². The molecule has 2 aromatic rings. The smallest absolute Gasteiger partial charge is 0.330 e. The minimum absolute atomic E-state index is 0.0777. The summed E-state index contributed by atoms with van der Waals surface area (Å²) in [5.41, 5.74) is -0.416. The van der Waals surface area contributed by atoms with E-state index in [1.54, 1.807) is 0 Å². The van der Waals surface area contributed by atoms with Gasteiger partial charge in [-0.15, -0.1) is 0 Å². The van der Waals surface area contributed by atoms with Gasteiger partial charge in [0.05, 0.1) is 5.56 Å². The van der Waals surface area contributed by atoms with Gasteiger partial charge in [0.1, 0.15) is 0 Å². The first kappa shape index (κ1) is 12.3. The lowest BCUT2D eigenvalue weighted by Crippen LogP contribution is -2.04. The highest BCUT2D eigenvalue weighted by atomic mass is 19.4. The summed E-state index contributed by atoms with van der Waals surface area (Å²) >= 11 is 0. The largest absolute Gasteiger partial charge is 0.416 e. The van der Waals surface area contributed by atoms with Gasteiger partial charge in [-0.05, 0) is 12.1 Å². The number of aromatic nitrogens is 2. The Labute approximate surface area is 99.4 Å². The van der Waals surface area contributed by atoms with Crippen LogP contribution in [0.15, 0.2) is 28.8 Å². The second-order valence-electron chi connectivity index (χ2n) is 3.55. The van der Waals surface area contributed by atoms with Gasteiger partial charge in [0, 0.05) is 12.5 Å². The maximum absolute atomic E-state index is 12.3. The highest BCUT2D eigenvalue weighted by molar-refractivity contribution is 5.89. The number of nitrogens with zero attached hydrogens (tertiary/aromatic N) is 2. The molecule has 0 atom stereocenters. The Morgan fingerprint density at radius 2 is 1.83 bits per heavy atom. The molecule has 0 aliphatic rings. The second kappa shape index (κ2) is 4.25. The number of carbonyl (C=O) groups is 1. The molecule has 7 heteroatoms. The zero-order chi connectivity index (χ0) is 13.3. The third kappa shape index (κ3) is 2.39. The first-order valence-electron chi connectivity index (χ1n) is 4.90. The molecule has 18 heavy (non-hydrogen) atoms. The molecule has 0 aliphatic carbocycles. The summed E-state index contributed by atoms with van der Waals surface area (Å²) < 4.78 is 41.7. The Morgan fingerprint density at radius 1 is 1.22 bits per heavy atom. The van der Waals surface area contributed by atoms with Crippen molar-refractivity contribution in [2.24, 2.45) is 0 Å². The predicted octanol–water partition coefficient (Wildman–Crippen LogP) is 2.96. The molecule has 94 valence electrons. The molecule has 0 amide bonds. The van der Waals surface area contributed by atoms with E-state index in [1.807, 2.05) is 0 Å². The van der Waals surface area contributed by atoms with E-state index in [2.05, 4.69) is 14.7 Å². The van der Waals surface area contributed by atoms with Crippen LogP contribution < -0.4 is 0 Å². The summed E-state index contributed by atoms with van der Waals surface area (Å²) in [5, 5.41) is 3.51. The fraction of sp³-hybridized carbons (Fsp3) is 0.182. The SMILES string of the molecule is CC(=O)c1nc(-c2ccc(C(F)(F)F)cc2)no1. The Hall–Kier alpha value is -2.18. The van der Waals surface area contributed by atoms with E-state index in [0.29, 0.717) is 5.56 Å². The van der Waals surface area contributed by atoms with Crippen LogP contribution in [-0.4, -0.2) is 15.9 Å². The molecule has 1 aromatic heterocycles. The van der Waals surface area contributed by atoms with Crippen LogP contribution in [0.1, 0.15) is 23.2 Å². The van der Waals surface area contributed by atoms with Crippen LogP contribution in [0.4, 0.5) is 13.2 Å². The Balaban J connectivity index is 2.31. The first-order chi connectivity index (χ1) is 8.38. The first-order valence-corrected chi connectivity index (χ1v) is 4.90. The molecule has 0 N–H and O–H groups in total. The fourth-order valence-electron chi connectivity index (χ4n) is 1.29. The van der Waals surface area contributed by atoms with E-state index >= 15 is 0 Å². The minimum Gasteiger partial charge on any atom is -0.330 e. The lowest BCUT2D eigenvalue weighted by molar-refractivity contribution is -0.137. The number of carbonyl (C=O) groups excluding carboxylic acids is 1. The summed E-state index contributed by atoms with van der Waals surface area (Å²) in [6.45, 7) is 1.25. The van der Waals surface area contributed by atoms with Crippen LogP contribution in [0.25, 0.3) is 11.4 Å². The van der Waals surface area contributed by atoms with Crippen molar-refractivity contribution >= 4 is 5.78 Å². The highest BCUT2D eigenvalue weighted by Crippen LogP contribution is 2.30. The molecule has 0 spiro atoms. The van der Waals surface area contributed by atoms with Crippen molar-refractivity contribution in [3.8, 4) is 11.4 Å². The van der Waals surface area contributed by atoms with Crippen molar-refractivity contribution in [2.75, 3.05) is 0 Å². The molecule has 0 saturated carbocycles. The molecule has 2 rings (SSSR count). The Bertz CT molecular complexity index is 573. The second-order valence-corrected chi connectivity index (χ2v) is 3.55. The Morgan fingerprint density at radius 3 is 2.28 bits per heavy atom. The molecule has 0 aliphatic heterocycles. The predicted molar refractivity (Wildman–Crippen MR) is 54.7 cm³/mol.